The van der Waals surface area contributed by atoms with Crippen LogP contribution in [0.15, 0.2) is 0 Å². The van der Waals surface area contributed by atoms with Crippen LogP contribution in [0.5, 0.6) is 0 Å². The monoisotopic (exact) mass is 250 g/mol. The van der Waals surface area contributed by atoms with E-state index in [-0.39, 0.29) is 37.1 Å². The van der Waals surface area contributed by atoms with Crippen LogP contribution < -0.4 is 11.1 Å². The first-order valence-corrected chi connectivity index (χ1v) is 5.41. The highest BCUT2D eigenvalue weighted by Crippen LogP contribution is 2.34. The maximum atomic E-state index is 11.6. The molecule has 4 atom stereocenters. The molecule has 2 bridgehead atoms. The Morgan fingerprint density at radius 2 is 2.38 bits per heavy atom. The van der Waals surface area contributed by atoms with Crippen molar-refractivity contribution in [3.63, 3.8) is 0 Å². The number of nitrogens with two attached hydrogens (primary N) is 1. The zero-order valence-electron chi connectivity index (χ0n) is 9.35. The van der Waals surface area contributed by atoms with Crippen molar-refractivity contribution in [1.29, 1.82) is 0 Å². The van der Waals surface area contributed by atoms with E-state index in [1.165, 1.54) is 7.11 Å². The molecule has 2 aliphatic rings. The Labute approximate surface area is 101 Å². The highest BCUT2D eigenvalue weighted by molar-refractivity contribution is 5.85. The van der Waals surface area contributed by atoms with E-state index >= 15 is 0 Å². The van der Waals surface area contributed by atoms with Gasteiger partial charge in [0.25, 0.3) is 0 Å². The second kappa shape index (κ2) is 5.82. The summed E-state index contributed by atoms with van der Waals surface area (Å²) in [6, 6.07) is -0.423. The zero-order valence-corrected chi connectivity index (χ0v) is 10.2. The lowest BCUT2D eigenvalue weighted by atomic mass is 9.95. The summed E-state index contributed by atoms with van der Waals surface area (Å²) >= 11 is 0. The minimum absolute atomic E-state index is 0. The summed E-state index contributed by atoms with van der Waals surface area (Å²) in [7, 11) is 1.54. The summed E-state index contributed by atoms with van der Waals surface area (Å²) in [6.07, 6.45) is 3.65. The van der Waals surface area contributed by atoms with E-state index in [1.54, 1.807) is 0 Å². The van der Waals surface area contributed by atoms with Gasteiger partial charge < -0.3 is 20.5 Å². The van der Waals surface area contributed by atoms with Crippen LogP contribution in [0.2, 0.25) is 0 Å². The predicted octanol–water partition coefficient (Wildman–Crippen LogP) is -0.182. The summed E-state index contributed by atoms with van der Waals surface area (Å²) < 4.78 is 10.5. The SMILES string of the molecule is COCC(N)C(=O)N[C@@H]1C[C@H]2CC[C@@H]1O2.Cl. The molecule has 3 N–H and O–H groups in total. The Hall–Kier alpha value is -0.360. The molecule has 0 aliphatic carbocycles. The molecule has 94 valence electrons. The maximum absolute atomic E-state index is 11.6. The van der Waals surface area contributed by atoms with Gasteiger partial charge in [-0.2, -0.15) is 0 Å². The Morgan fingerprint density at radius 3 is 2.88 bits per heavy atom. The van der Waals surface area contributed by atoms with Gasteiger partial charge in [-0.3, -0.25) is 4.79 Å². The Kier molecular flexibility index (Phi) is 4.98. The number of hydrogen-bond acceptors (Lipinski definition) is 4. The molecule has 1 unspecified atom stereocenters. The normalized spacial score (nSPS) is 33.2. The van der Waals surface area contributed by atoms with Crippen LogP contribution in [0.4, 0.5) is 0 Å². The Bertz CT molecular complexity index is 252. The first kappa shape index (κ1) is 13.7. The minimum atomic E-state index is -0.575. The summed E-state index contributed by atoms with van der Waals surface area (Å²) in [6.45, 7) is 0.257. The number of ether oxygens (including phenoxy) is 2. The maximum Gasteiger partial charge on any atom is 0.239 e. The predicted molar refractivity (Wildman–Crippen MR) is 61.5 cm³/mol. The quantitative estimate of drug-likeness (QED) is 0.726. The van der Waals surface area contributed by atoms with Crippen molar-refractivity contribution in [2.75, 3.05) is 13.7 Å². The molecule has 1 amide bonds. The van der Waals surface area contributed by atoms with Gasteiger partial charge >= 0.3 is 0 Å². The lowest BCUT2D eigenvalue weighted by Gasteiger charge is -2.21. The second-order valence-corrected chi connectivity index (χ2v) is 4.29. The Balaban J connectivity index is 0.00000128. The second-order valence-electron chi connectivity index (χ2n) is 4.29. The highest BCUT2D eigenvalue weighted by Gasteiger charge is 2.41. The van der Waals surface area contributed by atoms with Crippen molar-refractivity contribution >= 4 is 18.3 Å². The number of carbonyl (C=O) groups excluding carboxylic acids is 1. The fourth-order valence-corrected chi connectivity index (χ4v) is 2.33. The average molecular weight is 251 g/mol. The number of nitrogens with one attached hydrogen (secondary N) is 1. The number of carbonyl (C=O) groups is 1. The van der Waals surface area contributed by atoms with Gasteiger partial charge in [-0.25, -0.2) is 0 Å². The zero-order chi connectivity index (χ0) is 10.8. The lowest BCUT2D eigenvalue weighted by Crippen LogP contribution is -2.50. The number of methoxy groups -OCH3 is 1. The summed E-state index contributed by atoms with van der Waals surface area (Å²) in [5.74, 6) is -0.141. The van der Waals surface area contributed by atoms with Crippen molar-refractivity contribution in [1.82, 2.24) is 5.32 Å². The smallest absolute Gasteiger partial charge is 0.239 e. The molecule has 0 spiro atoms. The molecule has 5 nitrogen and oxygen atoms in total. The number of halogens is 1. The molecular weight excluding hydrogens is 232 g/mol. The fraction of sp³-hybridized carbons (Fsp3) is 0.900. The van der Waals surface area contributed by atoms with Gasteiger partial charge in [0.15, 0.2) is 0 Å². The highest BCUT2D eigenvalue weighted by atomic mass is 35.5. The van der Waals surface area contributed by atoms with Crippen molar-refractivity contribution < 1.29 is 14.3 Å². The van der Waals surface area contributed by atoms with E-state index < -0.39 is 6.04 Å². The minimum Gasteiger partial charge on any atom is -0.383 e. The summed E-state index contributed by atoms with van der Waals surface area (Å²) in [4.78, 5) is 11.6. The third-order valence-electron chi connectivity index (χ3n) is 3.12. The molecule has 2 fully saturated rings. The van der Waals surface area contributed by atoms with Gasteiger partial charge in [-0.05, 0) is 19.3 Å². The third-order valence-corrected chi connectivity index (χ3v) is 3.12. The molecular formula is C10H19ClN2O3. The largest absolute Gasteiger partial charge is 0.383 e. The van der Waals surface area contributed by atoms with Crippen molar-refractivity contribution in [2.45, 2.75) is 43.6 Å². The van der Waals surface area contributed by atoms with Crippen molar-refractivity contribution in [2.24, 2.45) is 5.73 Å². The van der Waals surface area contributed by atoms with E-state index in [1.807, 2.05) is 0 Å². The fourth-order valence-electron chi connectivity index (χ4n) is 2.33. The van der Waals surface area contributed by atoms with Crippen molar-refractivity contribution in [3.8, 4) is 0 Å². The number of fused-ring (bicyclic) bond motifs is 2. The summed E-state index contributed by atoms with van der Waals surface area (Å²) in [5, 5.41) is 2.93. The van der Waals surface area contributed by atoms with Crippen LogP contribution in [0.25, 0.3) is 0 Å². The van der Waals surface area contributed by atoms with Crippen LogP contribution in [0, 0.1) is 0 Å². The molecule has 0 aromatic heterocycles. The average Bonchev–Trinajstić information content (AvgIpc) is 2.79. The van der Waals surface area contributed by atoms with Crippen molar-refractivity contribution in [3.05, 3.63) is 0 Å². The van der Waals surface area contributed by atoms with Gasteiger partial charge in [0.05, 0.1) is 24.9 Å². The van der Waals surface area contributed by atoms with Gasteiger partial charge in [0.1, 0.15) is 6.04 Å². The molecule has 0 aromatic rings. The van der Waals surface area contributed by atoms with Gasteiger partial charge in [0, 0.05) is 7.11 Å². The lowest BCUT2D eigenvalue weighted by molar-refractivity contribution is -0.124. The van der Waals surface area contributed by atoms with E-state index in [0.29, 0.717) is 6.10 Å². The van der Waals surface area contributed by atoms with Gasteiger partial charge in [0.2, 0.25) is 5.91 Å². The molecule has 6 heteroatoms. The third kappa shape index (κ3) is 2.85. The van der Waals surface area contributed by atoms with Crippen LogP contribution >= 0.6 is 12.4 Å². The summed E-state index contributed by atoms with van der Waals surface area (Å²) in [5.41, 5.74) is 5.63. The molecule has 2 aliphatic heterocycles. The molecule has 0 aromatic carbocycles. The molecule has 0 saturated carbocycles. The first-order chi connectivity index (χ1) is 7.20. The van der Waals surface area contributed by atoms with Gasteiger partial charge in [-0.15, -0.1) is 12.4 Å². The van der Waals surface area contributed by atoms with E-state index in [9.17, 15) is 4.79 Å². The molecule has 2 heterocycles. The molecule has 2 saturated heterocycles. The molecule has 16 heavy (non-hydrogen) atoms. The van der Waals surface area contributed by atoms with Gasteiger partial charge in [-0.1, -0.05) is 0 Å². The standard InChI is InChI=1S/C10H18N2O3.ClH/c1-14-5-7(11)10(13)12-8-4-6-2-3-9(8)15-6;/h6-9H,2-5,11H2,1H3,(H,12,13);1H/t6-,7?,8-,9+;/m1./s1. The first-order valence-electron chi connectivity index (χ1n) is 5.41. The van der Waals surface area contributed by atoms with Crippen LogP contribution in [-0.4, -0.2) is 43.9 Å². The van der Waals surface area contributed by atoms with Crippen LogP contribution in [0.1, 0.15) is 19.3 Å². The topological polar surface area (TPSA) is 73.6 Å². The van der Waals surface area contributed by atoms with Crippen LogP contribution in [-0.2, 0) is 14.3 Å². The number of hydrogen-bond donors (Lipinski definition) is 2. The van der Waals surface area contributed by atoms with E-state index in [2.05, 4.69) is 5.32 Å². The number of amides is 1. The van der Waals surface area contributed by atoms with Crippen LogP contribution in [0.3, 0.4) is 0 Å². The number of rotatable bonds is 4. The van der Waals surface area contributed by atoms with E-state index in [4.69, 9.17) is 15.2 Å². The molecule has 2 rings (SSSR count). The van der Waals surface area contributed by atoms with E-state index in [0.717, 1.165) is 19.3 Å². The molecule has 0 radical (unpaired) electrons. The Morgan fingerprint density at radius 1 is 1.62 bits per heavy atom.